The highest BCUT2D eigenvalue weighted by Gasteiger charge is 2.37. The summed E-state index contributed by atoms with van der Waals surface area (Å²) in [7, 11) is 0. The number of carboxylic acids is 1. The number of carbonyl (C=O) groups is 1. The van der Waals surface area contributed by atoms with E-state index in [0.717, 1.165) is 4.88 Å². The number of carboxylic acid groups (broad SMARTS) is 1. The third-order valence-electron chi connectivity index (χ3n) is 2.87. The Balaban J connectivity index is 2.95. The summed E-state index contributed by atoms with van der Waals surface area (Å²) >= 11 is 1.52. The molecule has 0 amide bonds. The summed E-state index contributed by atoms with van der Waals surface area (Å²) in [6.07, 6.45) is 0.479. The van der Waals surface area contributed by atoms with Gasteiger partial charge in [0.25, 0.3) is 1.43 Å². The molecule has 1 atom stereocenters. The van der Waals surface area contributed by atoms with E-state index in [1.54, 1.807) is 0 Å². The van der Waals surface area contributed by atoms with Gasteiger partial charge in [-0.3, -0.25) is 4.79 Å². The van der Waals surface area contributed by atoms with Gasteiger partial charge in [0.05, 0.1) is 11.5 Å². The molecular formula is C12H15NO2S. The Labute approximate surface area is 101 Å². The summed E-state index contributed by atoms with van der Waals surface area (Å²) < 4.78 is 6.53. The average molecular weight is 238 g/mol. The minimum absolute atomic E-state index is 0.0904. The van der Waals surface area contributed by atoms with Crippen molar-refractivity contribution in [2.24, 2.45) is 5.92 Å². The van der Waals surface area contributed by atoms with Gasteiger partial charge in [0.15, 0.2) is 0 Å². The van der Waals surface area contributed by atoms with Crippen LogP contribution in [0, 0.1) is 17.2 Å². The molecule has 1 aromatic rings. The minimum Gasteiger partial charge on any atom is -0.481 e. The van der Waals surface area contributed by atoms with Crippen LogP contribution in [0.25, 0.3) is 1.43 Å². The first-order valence-electron chi connectivity index (χ1n) is 5.59. The first-order valence-corrected chi connectivity index (χ1v) is 6.06. The summed E-state index contributed by atoms with van der Waals surface area (Å²) in [5.74, 6) is -0.494. The maximum absolute atomic E-state index is 11.1. The molecule has 1 N–H and O–H groups in total. The van der Waals surface area contributed by atoms with E-state index in [-0.39, 0.29) is 12.3 Å². The smallest absolute Gasteiger partial charge is 0.303 e. The van der Waals surface area contributed by atoms with Gasteiger partial charge in [-0.1, -0.05) is 19.9 Å². The van der Waals surface area contributed by atoms with Gasteiger partial charge in [-0.15, -0.1) is 11.3 Å². The fourth-order valence-corrected chi connectivity index (χ4v) is 2.82. The van der Waals surface area contributed by atoms with Crippen LogP contribution in [0.3, 0.4) is 0 Å². The zero-order valence-electron chi connectivity index (χ0n) is 10.4. The van der Waals surface area contributed by atoms with Crippen LogP contribution in [0.15, 0.2) is 17.5 Å². The van der Waals surface area contributed by atoms with Gasteiger partial charge < -0.3 is 5.11 Å². The van der Waals surface area contributed by atoms with Crippen LogP contribution in [-0.4, -0.2) is 11.1 Å². The first kappa shape index (κ1) is 11.2. The van der Waals surface area contributed by atoms with Crippen LogP contribution in [0.4, 0.5) is 0 Å². The molecule has 0 radical (unpaired) electrons. The lowest BCUT2D eigenvalue weighted by atomic mass is 9.74. The molecule has 1 heterocycles. The van der Waals surface area contributed by atoms with Gasteiger partial charge in [0.1, 0.15) is 0 Å². The number of hydrogen-bond donors (Lipinski definition) is 1. The second-order valence-corrected chi connectivity index (χ2v) is 5.03. The zero-order valence-corrected chi connectivity index (χ0v) is 10.2. The minimum atomic E-state index is -0.664. The Morgan fingerprint density at radius 2 is 2.56 bits per heavy atom. The summed E-state index contributed by atoms with van der Waals surface area (Å²) in [5.41, 5.74) is -0.664. The Hall–Kier alpha value is -1.34. The normalized spacial score (nSPS) is 15.0. The number of nitriles is 1. The highest BCUT2D eigenvalue weighted by atomic mass is 32.1. The largest absolute Gasteiger partial charge is 0.481 e. The van der Waals surface area contributed by atoms with E-state index in [0.29, 0.717) is 6.42 Å². The van der Waals surface area contributed by atoms with Gasteiger partial charge in [0, 0.05) is 11.3 Å². The van der Waals surface area contributed by atoms with Crippen molar-refractivity contribution < 1.29 is 9.90 Å². The lowest BCUT2D eigenvalue weighted by molar-refractivity contribution is -0.137. The van der Waals surface area contributed by atoms with Crippen molar-refractivity contribution in [2.75, 3.05) is 0 Å². The summed E-state index contributed by atoms with van der Waals surface area (Å²) in [4.78, 5) is 12.0. The van der Waals surface area contributed by atoms with E-state index >= 15 is 0 Å². The maximum atomic E-state index is 11.1. The van der Waals surface area contributed by atoms with Gasteiger partial charge in [0.2, 0.25) is 0 Å². The lowest BCUT2D eigenvalue weighted by Crippen LogP contribution is -2.30. The Kier molecular flexibility index (Phi) is 3.58. The topological polar surface area (TPSA) is 61.1 Å². The number of hydrogen-bond acceptors (Lipinski definition) is 4. The molecule has 86 valence electrons. The summed E-state index contributed by atoms with van der Waals surface area (Å²) in [6.45, 7) is 3.93. The summed E-state index contributed by atoms with van der Waals surface area (Å²) in [5, 5.41) is 15.3. The van der Waals surface area contributed by atoms with E-state index in [9.17, 15) is 10.1 Å². The van der Waals surface area contributed by atoms with Crippen LogP contribution in [0.2, 0.25) is 0 Å². The molecule has 0 saturated heterocycles. The SMILES string of the molecule is [2H]OC(=O)CCC(C#N)(c1cccs1)C(C)C. The average Bonchev–Trinajstić information content (AvgIpc) is 2.84. The van der Waals surface area contributed by atoms with Crippen molar-refractivity contribution in [3.8, 4) is 6.07 Å². The highest BCUT2D eigenvalue weighted by Crippen LogP contribution is 2.38. The van der Waals surface area contributed by atoms with Crippen molar-refractivity contribution in [1.29, 1.82) is 6.69 Å². The van der Waals surface area contributed by atoms with Crippen LogP contribution >= 0.6 is 11.3 Å². The van der Waals surface area contributed by atoms with E-state index < -0.39 is 11.4 Å². The Morgan fingerprint density at radius 1 is 1.81 bits per heavy atom. The second-order valence-electron chi connectivity index (χ2n) is 4.09. The molecule has 0 spiro atoms. The van der Waals surface area contributed by atoms with Gasteiger partial charge in [-0.25, -0.2) is 0 Å². The van der Waals surface area contributed by atoms with Crippen LogP contribution in [0.5, 0.6) is 0 Å². The molecule has 0 aliphatic rings. The molecule has 0 aliphatic heterocycles. The second kappa shape index (κ2) is 5.13. The lowest BCUT2D eigenvalue weighted by Gasteiger charge is -2.29. The van der Waals surface area contributed by atoms with Crippen LogP contribution < -0.4 is 0 Å². The molecule has 3 nitrogen and oxygen atoms in total. The molecule has 16 heavy (non-hydrogen) atoms. The van der Waals surface area contributed by atoms with E-state index in [2.05, 4.69) is 11.2 Å². The molecule has 0 bridgehead atoms. The first-order chi connectivity index (χ1) is 8.06. The van der Waals surface area contributed by atoms with Crippen molar-refractivity contribution in [2.45, 2.75) is 32.1 Å². The molecule has 1 aromatic heterocycles. The van der Waals surface area contributed by atoms with Crippen LogP contribution in [-0.2, 0) is 10.2 Å². The van der Waals surface area contributed by atoms with Crippen LogP contribution in [0.1, 0.15) is 31.6 Å². The van der Waals surface area contributed by atoms with Gasteiger partial charge in [-0.2, -0.15) is 5.26 Å². The van der Waals surface area contributed by atoms with E-state index in [1.165, 1.54) is 11.3 Å². The standard InChI is InChI=1S/C12H15NO2S/c1-9(2)12(8-13,6-5-11(14)15)10-4-3-7-16-10/h3-4,7,9H,5-6H2,1-2H3,(H,14,15)/i/hD. The molecular weight excluding hydrogens is 222 g/mol. The molecule has 1 unspecified atom stereocenters. The monoisotopic (exact) mass is 238 g/mol. The fourth-order valence-electron chi connectivity index (χ4n) is 1.77. The predicted octanol–water partition coefficient (Wildman–Crippen LogP) is 3.03. The molecule has 4 heteroatoms. The zero-order chi connectivity index (χ0) is 12.9. The Bertz CT molecular complexity index is 411. The summed E-state index contributed by atoms with van der Waals surface area (Å²) in [6, 6.07) is 6.15. The van der Waals surface area contributed by atoms with E-state index in [4.69, 9.17) is 1.43 Å². The molecule has 0 aromatic carbocycles. The number of nitrogens with zero attached hydrogens (tertiary/aromatic N) is 1. The van der Waals surface area contributed by atoms with Crippen molar-refractivity contribution >= 4 is 17.3 Å². The molecule has 1 rings (SSSR count). The number of thiophene rings is 1. The third kappa shape index (κ3) is 2.42. The van der Waals surface area contributed by atoms with Gasteiger partial charge in [-0.05, 0) is 23.8 Å². The maximum Gasteiger partial charge on any atom is 0.303 e. The number of rotatable bonds is 5. The van der Waals surface area contributed by atoms with Crippen molar-refractivity contribution in [3.05, 3.63) is 22.4 Å². The predicted molar refractivity (Wildman–Crippen MR) is 63.3 cm³/mol. The van der Waals surface area contributed by atoms with Crippen molar-refractivity contribution in [1.82, 2.24) is 0 Å². The quantitative estimate of drug-likeness (QED) is 0.857. The third-order valence-corrected chi connectivity index (χ3v) is 3.92. The van der Waals surface area contributed by atoms with Crippen molar-refractivity contribution in [3.63, 3.8) is 0 Å². The highest BCUT2D eigenvalue weighted by molar-refractivity contribution is 7.10. The van der Waals surface area contributed by atoms with E-state index in [1.807, 2.05) is 31.4 Å². The fraction of sp³-hybridized carbons (Fsp3) is 0.500. The Morgan fingerprint density at radius 3 is 3.00 bits per heavy atom. The van der Waals surface area contributed by atoms with Gasteiger partial charge >= 0.3 is 5.97 Å². The number of aliphatic carboxylic acids is 1. The molecule has 0 saturated carbocycles. The molecule has 0 fully saturated rings. The molecule has 0 aliphatic carbocycles.